The van der Waals surface area contributed by atoms with Crippen molar-refractivity contribution in [2.24, 2.45) is 11.3 Å². The van der Waals surface area contributed by atoms with Crippen LogP contribution in [-0.4, -0.2) is 42.0 Å². The Bertz CT molecular complexity index is 582. The van der Waals surface area contributed by atoms with Crippen molar-refractivity contribution in [2.75, 3.05) is 19.8 Å². The van der Waals surface area contributed by atoms with Crippen LogP contribution in [0.5, 0.6) is 5.75 Å². The van der Waals surface area contributed by atoms with Gasteiger partial charge in [0, 0.05) is 30.2 Å². The number of benzene rings is 1. The lowest BCUT2D eigenvalue weighted by Crippen LogP contribution is -2.53. The fourth-order valence-corrected chi connectivity index (χ4v) is 3.42. The number of aliphatic hydroxyl groups is 1. The fourth-order valence-electron chi connectivity index (χ4n) is 3.42. The van der Waals surface area contributed by atoms with Crippen LogP contribution in [0.2, 0.25) is 0 Å². The van der Waals surface area contributed by atoms with Gasteiger partial charge in [-0.15, -0.1) is 0 Å². The smallest absolute Gasteiger partial charge is 0.251 e. The average molecular weight is 323 g/mol. The monoisotopic (exact) mass is 323 g/mol. The van der Waals surface area contributed by atoms with Gasteiger partial charge in [-0.25, -0.2) is 4.39 Å². The van der Waals surface area contributed by atoms with E-state index in [4.69, 9.17) is 4.74 Å². The predicted octanol–water partition coefficient (Wildman–Crippen LogP) is 1.83. The zero-order chi connectivity index (χ0) is 16.4. The summed E-state index contributed by atoms with van der Waals surface area (Å²) in [4.78, 5) is 12.5. The van der Waals surface area contributed by atoms with Crippen LogP contribution in [0, 0.1) is 17.2 Å². The molecule has 1 unspecified atom stereocenters. The van der Waals surface area contributed by atoms with Crippen LogP contribution < -0.4 is 5.32 Å². The minimum absolute atomic E-state index is 0.00173. The summed E-state index contributed by atoms with van der Waals surface area (Å²) >= 11 is 0. The molecule has 1 heterocycles. The second kappa shape index (κ2) is 6.45. The molecule has 1 aromatic rings. The molecule has 3 rings (SSSR count). The van der Waals surface area contributed by atoms with E-state index in [0.717, 1.165) is 18.9 Å². The molecule has 1 aliphatic heterocycles. The molecule has 5 nitrogen and oxygen atoms in total. The molecule has 1 aliphatic carbocycles. The van der Waals surface area contributed by atoms with Crippen LogP contribution in [0.3, 0.4) is 0 Å². The number of phenols is 1. The molecule has 126 valence electrons. The first-order valence-electron chi connectivity index (χ1n) is 8.04. The van der Waals surface area contributed by atoms with Gasteiger partial charge in [-0.2, -0.15) is 0 Å². The Kier molecular flexibility index (Phi) is 4.55. The number of amides is 1. The van der Waals surface area contributed by atoms with E-state index in [2.05, 4.69) is 5.32 Å². The number of carbonyl (C=O) groups is 1. The summed E-state index contributed by atoms with van der Waals surface area (Å²) in [5.41, 5.74) is -0.198. The lowest BCUT2D eigenvalue weighted by Gasteiger charge is -2.42. The summed E-state index contributed by atoms with van der Waals surface area (Å²) in [7, 11) is 0. The predicted molar refractivity (Wildman–Crippen MR) is 81.6 cm³/mol. The highest BCUT2D eigenvalue weighted by atomic mass is 19.1. The van der Waals surface area contributed by atoms with Gasteiger partial charge in [0.15, 0.2) is 11.6 Å². The first kappa shape index (κ1) is 16.2. The molecule has 1 atom stereocenters. The highest BCUT2D eigenvalue weighted by molar-refractivity contribution is 5.94. The van der Waals surface area contributed by atoms with Crippen molar-refractivity contribution < 1.29 is 24.1 Å². The summed E-state index contributed by atoms with van der Waals surface area (Å²) in [5, 5.41) is 22.2. The fraction of sp³-hybridized carbons (Fsp3) is 0.588. The number of nitrogens with one attached hydrogen (secondary N) is 1. The van der Waals surface area contributed by atoms with Gasteiger partial charge >= 0.3 is 0 Å². The number of carbonyl (C=O) groups excluding carboxylic acids is 1. The molecule has 1 saturated heterocycles. The lowest BCUT2D eigenvalue weighted by atomic mass is 9.72. The number of halogens is 1. The molecule has 2 aliphatic rings. The largest absolute Gasteiger partial charge is 0.505 e. The summed E-state index contributed by atoms with van der Waals surface area (Å²) in [6, 6.07) is 3.46. The average Bonchev–Trinajstić information content (AvgIpc) is 3.40. The van der Waals surface area contributed by atoms with Crippen molar-refractivity contribution in [3.63, 3.8) is 0 Å². The number of rotatable bonds is 5. The van der Waals surface area contributed by atoms with Crippen LogP contribution in [-0.2, 0) is 4.74 Å². The molecule has 1 amide bonds. The number of aliphatic hydroxyl groups excluding tert-OH is 1. The first-order valence-corrected chi connectivity index (χ1v) is 8.04. The Labute approximate surface area is 134 Å². The Morgan fingerprint density at radius 1 is 1.39 bits per heavy atom. The lowest BCUT2D eigenvalue weighted by molar-refractivity contribution is -0.0403. The van der Waals surface area contributed by atoms with Gasteiger partial charge in [0.1, 0.15) is 0 Å². The van der Waals surface area contributed by atoms with E-state index in [1.54, 1.807) is 0 Å². The van der Waals surface area contributed by atoms with E-state index >= 15 is 0 Å². The summed E-state index contributed by atoms with van der Waals surface area (Å²) < 4.78 is 18.9. The van der Waals surface area contributed by atoms with Gasteiger partial charge in [0.25, 0.3) is 5.91 Å². The minimum Gasteiger partial charge on any atom is -0.505 e. The molecule has 6 heteroatoms. The van der Waals surface area contributed by atoms with Crippen molar-refractivity contribution in [2.45, 2.75) is 31.7 Å². The molecular weight excluding hydrogens is 301 g/mol. The number of ether oxygens (including phenoxy) is 1. The quantitative estimate of drug-likeness (QED) is 0.772. The van der Waals surface area contributed by atoms with Crippen LogP contribution in [0.1, 0.15) is 36.0 Å². The van der Waals surface area contributed by atoms with Gasteiger partial charge in [0.2, 0.25) is 0 Å². The van der Waals surface area contributed by atoms with Crippen LogP contribution in [0.15, 0.2) is 18.2 Å². The highest BCUT2D eigenvalue weighted by Gasteiger charge is 2.47. The maximum Gasteiger partial charge on any atom is 0.251 e. The number of hydrogen-bond donors (Lipinski definition) is 3. The summed E-state index contributed by atoms with van der Waals surface area (Å²) in [6.45, 7) is 1.16. The highest BCUT2D eigenvalue weighted by Crippen LogP contribution is 2.45. The van der Waals surface area contributed by atoms with Crippen molar-refractivity contribution in [1.82, 2.24) is 5.32 Å². The maximum atomic E-state index is 13.5. The summed E-state index contributed by atoms with van der Waals surface area (Å²) in [5.74, 6) is -1.31. The van der Waals surface area contributed by atoms with Crippen LogP contribution >= 0.6 is 0 Å². The molecule has 1 aromatic carbocycles. The first-order chi connectivity index (χ1) is 11.1. The Balaban J connectivity index is 1.79. The third kappa shape index (κ3) is 3.33. The second-order valence-corrected chi connectivity index (χ2v) is 6.59. The standard InChI is InChI=1S/C17H22FNO4/c18-13-9-12(3-4-14(13)21)16(22)19-15(11-1-2-11)17(10-20)5-7-23-8-6-17/h3-4,9,11,15,20-21H,1-2,5-8,10H2,(H,19,22). The third-order valence-electron chi connectivity index (χ3n) is 5.05. The normalized spacial score (nSPS) is 21.7. The third-order valence-corrected chi connectivity index (χ3v) is 5.05. The van der Waals surface area contributed by atoms with Crippen molar-refractivity contribution in [1.29, 1.82) is 0 Å². The minimum atomic E-state index is -0.816. The SMILES string of the molecule is O=C(NC(C1CC1)C1(CO)CCOCC1)c1ccc(O)c(F)c1. The number of aromatic hydroxyl groups is 1. The van der Waals surface area contributed by atoms with Gasteiger partial charge < -0.3 is 20.3 Å². The van der Waals surface area contributed by atoms with Gasteiger partial charge in [-0.05, 0) is 49.8 Å². The molecule has 0 bridgehead atoms. The zero-order valence-electron chi connectivity index (χ0n) is 12.9. The van der Waals surface area contributed by atoms with Crippen LogP contribution in [0.4, 0.5) is 4.39 Å². The van der Waals surface area contributed by atoms with E-state index in [-0.39, 0.29) is 29.5 Å². The summed E-state index contributed by atoms with van der Waals surface area (Å²) in [6.07, 6.45) is 3.46. The Morgan fingerprint density at radius 3 is 2.65 bits per heavy atom. The molecule has 0 radical (unpaired) electrons. The zero-order valence-corrected chi connectivity index (χ0v) is 12.9. The van der Waals surface area contributed by atoms with Gasteiger partial charge in [-0.3, -0.25) is 4.79 Å². The van der Waals surface area contributed by atoms with Crippen molar-refractivity contribution >= 4 is 5.91 Å². The van der Waals surface area contributed by atoms with Gasteiger partial charge in [-0.1, -0.05) is 0 Å². The molecule has 0 aromatic heterocycles. The molecule has 0 spiro atoms. The number of hydrogen-bond acceptors (Lipinski definition) is 4. The second-order valence-electron chi connectivity index (χ2n) is 6.59. The van der Waals surface area contributed by atoms with Crippen molar-refractivity contribution in [3.05, 3.63) is 29.6 Å². The Hall–Kier alpha value is -1.66. The topological polar surface area (TPSA) is 78.8 Å². The van der Waals surface area contributed by atoms with Crippen LogP contribution in [0.25, 0.3) is 0 Å². The van der Waals surface area contributed by atoms with E-state index in [1.165, 1.54) is 12.1 Å². The maximum absolute atomic E-state index is 13.5. The van der Waals surface area contributed by atoms with E-state index < -0.39 is 11.6 Å². The van der Waals surface area contributed by atoms with Crippen molar-refractivity contribution in [3.8, 4) is 5.75 Å². The number of phenolic OH excluding ortho intramolecular Hbond substituents is 1. The van der Waals surface area contributed by atoms with E-state index in [0.29, 0.717) is 32.0 Å². The molecular formula is C17H22FNO4. The molecule has 23 heavy (non-hydrogen) atoms. The van der Waals surface area contributed by atoms with Gasteiger partial charge in [0.05, 0.1) is 6.61 Å². The Morgan fingerprint density at radius 2 is 2.09 bits per heavy atom. The van der Waals surface area contributed by atoms with E-state index in [1.807, 2.05) is 0 Å². The van der Waals surface area contributed by atoms with E-state index in [9.17, 15) is 19.4 Å². The molecule has 3 N–H and O–H groups in total. The molecule has 1 saturated carbocycles. The molecule has 2 fully saturated rings.